The second-order valence-corrected chi connectivity index (χ2v) is 4.66. The summed E-state index contributed by atoms with van der Waals surface area (Å²) in [5.41, 5.74) is -1.49. The molecule has 0 saturated carbocycles. The van der Waals surface area contributed by atoms with Crippen molar-refractivity contribution >= 4 is 17.7 Å². The number of alkyl halides is 3. The molecule has 8 heteroatoms. The van der Waals surface area contributed by atoms with Gasteiger partial charge in [-0.1, -0.05) is 11.8 Å². The summed E-state index contributed by atoms with van der Waals surface area (Å²) in [5.74, 6) is -0.769. The number of halogens is 3. The summed E-state index contributed by atoms with van der Waals surface area (Å²) < 4.78 is 43.2. The molecule has 1 aromatic rings. The molecule has 0 unspecified atom stereocenters. The van der Waals surface area contributed by atoms with Crippen LogP contribution in [-0.2, 0) is 15.7 Å². The van der Waals surface area contributed by atoms with E-state index in [2.05, 4.69) is 9.72 Å². The highest BCUT2D eigenvalue weighted by molar-refractivity contribution is 7.99. The van der Waals surface area contributed by atoms with E-state index >= 15 is 0 Å². The molecule has 0 N–H and O–H groups in total. The van der Waals surface area contributed by atoms with E-state index in [1.807, 2.05) is 0 Å². The highest BCUT2D eigenvalue weighted by Gasteiger charge is 2.35. The first-order chi connectivity index (χ1) is 9.29. The van der Waals surface area contributed by atoms with Gasteiger partial charge in [0.2, 0.25) is 0 Å². The number of carbonyl (C=O) groups is 1. The number of esters is 1. The molecule has 0 fully saturated rings. The molecule has 108 valence electrons. The number of nitriles is 1. The lowest BCUT2D eigenvalue weighted by molar-refractivity contribution is -0.140. The largest absolute Gasteiger partial charge is 0.465 e. The molecule has 0 amide bonds. The Morgan fingerprint density at radius 3 is 2.70 bits per heavy atom. The van der Waals surface area contributed by atoms with Crippen molar-refractivity contribution in [1.29, 1.82) is 5.26 Å². The fraction of sp³-hybridized carbons (Fsp3) is 0.417. The molecule has 0 radical (unpaired) electrons. The number of hydrogen-bond donors (Lipinski definition) is 0. The Kier molecular flexibility index (Phi) is 5.39. The number of hydrogen-bond acceptors (Lipinski definition) is 5. The van der Waals surface area contributed by atoms with Crippen molar-refractivity contribution in [2.75, 3.05) is 12.4 Å². The number of rotatable bonds is 4. The summed E-state index contributed by atoms with van der Waals surface area (Å²) in [6.45, 7) is 3.19. The maximum atomic E-state index is 12.8. The van der Waals surface area contributed by atoms with Gasteiger partial charge in [0.1, 0.15) is 11.1 Å². The Bertz CT molecular complexity index is 553. The third kappa shape index (κ3) is 4.13. The molecule has 1 aromatic heterocycles. The summed E-state index contributed by atoms with van der Waals surface area (Å²) in [6.07, 6.45) is -4.64. The van der Waals surface area contributed by atoms with E-state index in [0.717, 1.165) is 17.8 Å². The van der Waals surface area contributed by atoms with Crippen LogP contribution in [-0.4, -0.2) is 23.3 Å². The molecule has 1 rings (SSSR count). The highest BCUT2D eigenvalue weighted by Crippen LogP contribution is 2.35. The lowest BCUT2D eigenvalue weighted by atomic mass is 10.1. The van der Waals surface area contributed by atoms with Crippen molar-refractivity contribution in [2.24, 2.45) is 0 Å². The van der Waals surface area contributed by atoms with Gasteiger partial charge in [0.05, 0.1) is 23.5 Å². The third-order valence-electron chi connectivity index (χ3n) is 2.16. The SMILES string of the molecule is CCOC(=O)CSc1nc(C)cc(C(F)(F)F)c1C#N. The molecule has 0 saturated heterocycles. The van der Waals surface area contributed by atoms with Gasteiger partial charge >= 0.3 is 12.1 Å². The van der Waals surface area contributed by atoms with Crippen molar-refractivity contribution in [2.45, 2.75) is 25.0 Å². The molecule has 4 nitrogen and oxygen atoms in total. The number of carbonyl (C=O) groups excluding carboxylic acids is 1. The van der Waals surface area contributed by atoms with Crippen LogP contribution >= 0.6 is 11.8 Å². The van der Waals surface area contributed by atoms with Crippen LogP contribution in [0.15, 0.2) is 11.1 Å². The number of nitrogens with zero attached hydrogens (tertiary/aromatic N) is 2. The van der Waals surface area contributed by atoms with Crippen LogP contribution < -0.4 is 0 Å². The Labute approximate surface area is 117 Å². The van der Waals surface area contributed by atoms with E-state index in [1.54, 1.807) is 6.92 Å². The van der Waals surface area contributed by atoms with E-state index < -0.39 is 23.3 Å². The van der Waals surface area contributed by atoms with Crippen molar-refractivity contribution in [1.82, 2.24) is 4.98 Å². The minimum absolute atomic E-state index is 0.118. The summed E-state index contributed by atoms with van der Waals surface area (Å²) in [7, 11) is 0. The second-order valence-electron chi connectivity index (χ2n) is 3.69. The van der Waals surface area contributed by atoms with Gasteiger partial charge in [-0.05, 0) is 19.9 Å². The van der Waals surface area contributed by atoms with Crippen LogP contribution in [0.1, 0.15) is 23.7 Å². The number of pyridine rings is 1. The molecule has 0 atom stereocenters. The zero-order valence-electron chi connectivity index (χ0n) is 10.7. The third-order valence-corrected chi connectivity index (χ3v) is 3.11. The van der Waals surface area contributed by atoms with Crippen LogP contribution in [0.2, 0.25) is 0 Å². The predicted molar refractivity (Wildman–Crippen MR) is 66.0 cm³/mol. The van der Waals surface area contributed by atoms with E-state index in [-0.39, 0.29) is 23.1 Å². The average molecular weight is 304 g/mol. The molecule has 1 heterocycles. The predicted octanol–water partition coefficient (Wildman–Crippen LogP) is 2.94. The summed E-state index contributed by atoms with van der Waals surface area (Å²) in [5, 5.41) is 8.78. The van der Waals surface area contributed by atoms with Crippen LogP contribution in [0, 0.1) is 18.3 Å². The molecule has 0 aliphatic heterocycles. The first-order valence-electron chi connectivity index (χ1n) is 5.57. The van der Waals surface area contributed by atoms with Crippen molar-refractivity contribution < 1.29 is 22.7 Å². The zero-order valence-corrected chi connectivity index (χ0v) is 11.6. The maximum absolute atomic E-state index is 12.8. The molecule has 20 heavy (non-hydrogen) atoms. The minimum atomic E-state index is -4.64. The van der Waals surface area contributed by atoms with Gasteiger partial charge in [0.15, 0.2) is 0 Å². The van der Waals surface area contributed by atoms with Gasteiger partial charge in [-0.3, -0.25) is 4.79 Å². The monoisotopic (exact) mass is 304 g/mol. The van der Waals surface area contributed by atoms with Crippen molar-refractivity contribution in [3.63, 3.8) is 0 Å². The molecule has 0 spiro atoms. The normalized spacial score (nSPS) is 11.0. The quantitative estimate of drug-likeness (QED) is 0.632. The molecule has 0 aliphatic carbocycles. The highest BCUT2D eigenvalue weighted by atomic mass is 32.2. The van der Waals surface area contributed by atoms with Gasteiger partial charge in [0.25, 0.3) is 0 Å². The standard InChI is InChI=1S/C12H11F3N2O2S/c1-3-19-10(18)6-20-11-8(5-16)9(12(13,14)15)4-7(2)17-11/h4H,3,6H2,1-2H3. The van der Waals surface area contributed by atoms with Gasteiger partial charge in [0, 0.05) is 5.69 Å². The van der Waals surface area contributed by atoms with Gasteiger partial charge in [-0.2, -0.15) is 18.4 Å². The molecular formula is C12H11F3N2O2S. The first-order valence-corrected chi connectivity index (χ1v) is 6.55. The van der Waals surface area contributed by atoms with Gasteiger partial charge < -0.3 is 4.74 Å². The lowest BCUT2D eigenvalue weighted by Gasteiger charge is -2.12. The van der Waals surface area contributed by atoms with Crippen LogP contribution in [0.5, 0.6) is 0 Å². The first kappa shape index (κ1) is 16.3. The zero-order chi connectivity index (χ0) is 15.3. The van der Waals surface area contributed by atoms with Crippen LogP contribution in [0.3, 0.4) is 0 Å². The Morgan fingerprint density at radius 2 is 2.20 bits per heavy atom. The summed E-state index contributed by atoms with van der Waals surface area (Å²) in [6, 6.07) is 2.31. The maximum Gasteiger partial charge on any atom is 0.417 e. The fourth-order valence-corrected chi connectivity index (χ4v) is 2.26. The Morgan fingerprint density at radius 1 is 1.55 bits per heavy atom. The van der Waals surface area contributed by atoms with Crippen molar-refractivity contribution in [3.05, 3.63) is 22.9 Å². The smallest absolute Gasteiger partial charge is 0.417 e. The summed E-state index contributed by atoms with van der Waals surface area (Å²) >= 11 is 0.756. The van der Waals surface area contributed by atoms with Crippen molar-refractivity contribution in [3.8, 4) is 6.07 Å². The Balaban J connectivity index is 3.11. The number of ether oxygens (including phenoxy) is 1. The molecule has 0 aromatic carbocycles. The molecule has 0 aliphatic rings. The fourth-order valence-electron chi connectivity index (χ4n) is 1.41. The van der Waals surface area contributed by atoms with Crippen LogP contribution in [0.4, 0.5) is 13.2 Å². The van der Waals surface area contributed by atoms with Gasteiger partial charge in [-0.15, -0.1) is 0 Å². The average Bonchev–Trinajstić information content (AvgIpc) is 2.35. The topological polar surface area (TPSA) is 63.0 Å². The number of aromatic nitrogens is 1. The Hall–Kier alpha value is -1.75. The minimum Gasteiger partial charge on any atom is -0.465 e. The van der Waals surface area contributed by atoms with E-state index in [0.29, 0.717) is 0 Å². The van der Waals surface area contributed by atoms with Gasteiger partial charge in [-0.25, -0.2) is 4.98 Å². The van der Waals surface area contributed by atoms with E-state index in [4.69, 9.17) is 5.26 Å². The van der Waals surface area contributed by atoms with E-state index in [1.165, 1.54) is 13.0 Å². The second kappa shape index (κ2) is 6.61. The lowest BCUT2D eigenvalue weighted by Crippen LogP contribution is -2.12. The van der Waals surface area contributed by atoms with Crippen LogP contribution in [0.25, 0.3) is 0 Å². The molecule has 0 bridgehead atoms. The van der Waals surface area contributed by atoms with E-state index in [9.17, 15) is 18.0 Å². The summed E-state index contributed by atoms with van der Waals surface area (Å²) in [4.78, 5) is 15.1. The number of thioether (sulfide) groups is 1. The molecular weight excluding hydrogens is 293 g/mol. The number of aryl methyl sites for hydroxylation is 1.